The minimum absolute atomic E-state index is 0.165. The first-order valence-electron chi connectivity index (χ1n) is 10.5. The van der Waals surface area contributed by atoms with Crippen molar-refractivity contribution in [2.75, 3.05) is 6.61 Å². The largest absolute Gasteiger partial charge is 0.394 e. The van der Waals surface area contributed by atoms with Crippen LogP contribution >= 0.6 is 23.5 Å². The molecule has 2 N–H and O–H groups in total. The molecule has 0 amide bonds. The van der Waals surface area contributed by atoms with E-state index >= 15 is 0 Å². The first-order chi connectivity index (χ1) is 14.3. The molecular weight excluding hydrogens is 479 g/mol. The molecule has 7 rings (SSSR count). The predicted molar refractivity (Wildman–Crippen MR) is 108 cm³/mol. The number of fused-ring (bicyclic) bond motifs is 1. The van der Waals surface area contributed by atoms with Gasteiger partial charge in [-0.25, -0.2) is 4.79 Å². The zero-order valence-electron chi connectivity index (χ0n) is 16.2. The number of hydrogen-bond acceptors (Lipinski definition) is 7. The molecule has 6 fully saturated rings. The first-order valence-corrected chi connectivity index (χ1v) is 12.9. The molecule has 6 aliphatic rings. The summed E-state index contributed by atoms with van der Waals surface area (Å²) in [5.41, 5.74) is -1.21. The lowest BCUT2D eigenvalue weighted by Crippen LogP contribution is -2.50. The Bertz CT molecular complexity index is 1020. The number of ether oxygens (including phenoxy) is 1. The van der Waals surface area contributed by atoms with Crippen molar-refractivity contribution in [2.24, 2.45) is 17.8 Å². The monoisotopic (exact) mass is 502 g/mol. The highest BCUT2D eigenvalue weighted by molar-refractivity contribution is 9.10. The Kier molecular flexibility index (Phi) is 4.39. The van der Waals surface area contributed by atoms with Gasteiger partial charge in [-0.1, -0.05) is 0 Å². The van der Waals surface area contributed by atoms with Crippen molar-refractivity contribution < 1.29 is 23.5 Å². The Balaban J connectivity index is 1.37. The quantitative estimate of drug-likeness (QED) is 0.607. The number of rotatable bonds is 3. The molecule has 4 aliphatic carbocycles. The number of aromatic nitrogens is 2. The molecule has 164 valence electrons. The summed E-state index contributed by atoms with van der Waals surface area (Å²) in [5, 5.41) is 9.38. The van der Waals surface area contributed by atoms with Crippen LogP contribution in [0.3, 0.4) is 0 Å². The van der Waals surface area contributed by atoms with Crippen LogP contribution in [0.2, 0.25) is 0 Å². The number of aliphatic hydroxyl groups is 1. The maximum Gasteiger partial charge on any atom is 0.337 e. The number of aliphatic hydroxyl groups excluding tert-OH is 1. The molecule has 2 aliphatic heterocycles. The van der Waals surface area contributed by atoms with Crippen LogP contribution in [0.5, 0.6) is 0 Å². The fraction of sp³-hybridized carbons (Fsp3) is 0.789. The highest BCUT2D eigenvalue weighted by Crippen LogP contribution is 2.77. The normalized spacial score (nSPS) is 48.9. The molecule has 3 heterocycles. The zero-order valence-corrected chi connectivity index (χ0v) is 18.7. The number of halogens is 1. The van der Waals surface area contributed by atoms with Crippen molar-refractivity contribution in [3.63, 3.8) is 0 Å². The summed E-state index contributed by atoms with van der Waals surface area (Å²) in [6.45, 7) is -0.346. The van der Waals surface area contributed by atoms with Gasteiger partial charge in [-0.2, -0.15) is 0 Å². The summed E-state index contributed by atoms with van der Waals surface area (Å²) < 4.78 is 33.8. The van der Waals surface area contributed by atoms with Gasteiger partial charge in [-0.15, -0.1) is 0 Å². The second kappa shape index (κ2) is 6.62. The van der Waals surface area contributed by atoms with E-state index in [-0.39, 0.29) is 11.1 Å². The molecule has 5 atom stereocenters. The number of H-pyrrole nitrogens is 1. The number of hydrogen-bond donors (Lipinski definition) is 2. The van der Waals surface area contributed by atoms with Crippen LogP contribution < -0.4 is 11.2 Å². The molecule has 5 unspecified atom stereocenters. The summed E-state index contributed by atoms with van der Waals surface area (Å²) >= 11 is 3.13. The van der Waals surface area contributed by atoms with E-state index in [0.717, 1.165) is 19.3 Å². The average molecular weight is 503 g/mol. The van der Waals surface area contributed by atoms with Gasteiger partial charge in [0.15, 0.2) is 6.23 Å². The summed E-state index contributed by atoms with van der Waals surface area (Å²) in [6.07, 6.45) is 4.29. The fourth-order valence-electron chi connectivity index (χ4n) is 6.94. The number of aromatic amines is 1. The molecule has 1 aromatic heterocycles. The summed E-state index contributed by atoms with van der Waals surface area (Å²) in [5.74, 6) is 1.73. The van der Waals surface area contributed by atoms with Crippen molar-refractivity contribution in [3.05, 3.63) is 31.5 Å². The second-order valence-corrected chi connectivity index (χ2v) is 12.9. The van der Waals surface area contributed by atoms with E-state index in [4.69, 9.17) is 13.8 Å². The van der Waals surface area contributed by atoms with Crippen molar-refractivity contribution in [1.82, 2.24) is 9.55 Å². The van der Waals surface area contributed by atoms with Gasteiger partial charge in [0.25, 0.3) is 5.56 Å². The Morgan fingerprint density at radius 3 is 2.33 bits per heavy atom. The summed E-state index contributed by atoms with van der Waals surface area (Å²) in [4.78, 5) is 26.4. The van der Waals surface area contributed by atoms with Crippen LogP contribution in [-0.2, 0) is 18.3 Å². The fourth-order valence-corrected chi connectivity index (χ4v) is 10.3. The van der Waals surface area contributed by atoms with Crippen molar-refractivity contribution in [3.8, 4) is 0 Å². The maximum absolute atomic E-state index is 14.2. The molecule has 0 spiro atoms. The standard InChI is InChI=1S/C19H24BrN2O7P/c20-12-7-22(18(25)21-16(12)24)17-15-14(13(8-23)27-17)28-30(26,29-15)19-4-9-1-10(5-19)3-11(2-9)6-19/h7,9-11,13-15,17,23H,1-6,8H2,(H,21,24,25). The highest BCUT2D eigenvalue weighted by atomic mass is 79.9. The minimum Gasteiger partial charge on any atom is -0.394 e. The van der Waals surface area contributed by atoms with Gasteiger partial charge < -0.3 is 9.84 Å². The number of nitrogens with zero attached hydrogens (tertiary/aromatic N) is 1. The van der Waals surface area contributed by atoms with Crippen molar-refractivity contribution in [1.29, 1.82) is 0 Å². The zero-order chi connectivity index (χ0) is 20.8. The molecule has 9 nitrogen and oxygen atoms in total. The van der Waals surface area contributed by atoms with Crippen LogP contribution in [0.4, 0.5) is 0 Å². The van der Waals surface area contributed by atoms with E-state index < -0.39 is 48.5 Å². The van der Waals surface area contributed by atoms with Crippen LogP contribution in [0.15, 0.2) is 20.3 Å². The molecule has 0 radical (unpaired) electrons. The number of nitrogens with one attached hydrogen (secondary N) is 1. The Hall–Kier alpha value is -0.770. The highest BCUT2D eigenvalue weighted by Gasteiger charge is 2.68. The molecule has 11 heteroatoms. The van der Waals surface area contributed by atoms with Gasteiger partial charge in [-0.05, 0) is 72.2 Å². The lowest BCUT2D eigenvalue weighted by atomic mass is 9.56. The molecule has 0 aromatic carbocycles. The lowest BCUT2D eigenvalue weighted by Gasteiger charge is -2.57. The van der Waals surface area contributed by atoms with E-state index in [1.165, 1.54) is 30.0 Å². The van der Waals surface area contributed by atoms with Crippen LogP contribution in [-0.4, -0.2) is 44.7 Å². The molecule has 30 heavy (non-hydrogen) atoms. The summed E-state index contributed by atoms with van der Waals surface area (Å²) in [7, 11) is -3.48. The molecule has 2 saturated heterocycles. The maximum atomic E-state index is 14.2. The van der Waals surface area contributed by atoms with Crippen molar-refractivity contribution >= 4 is 23.5 Å². The van der Waals surface area contributed by atoms with E-state index in [2.05, 4.69) is 20.9 Å². The van der Waals surface area contributed by atoms with Gasteiger partial charge in [0.2, 0.25) is 0 Å². The SMILES string of the molecule is O=c1[nH]c(=O)n(C2OC(CO)C3OP(=O)(C45CC6CC(CC(C6)C4)C5)OC32)cc1Br. The van der Waals surface area contributed by atoms with Gasteiger partial charge in [0.05, 0.1) is 16.2 Å². The first kappa shape index (κ1) is 19.9. The van der Waals surface area contributed by atoms with Gasteiger partial charge in [0, 0.05) is 6.20 Å². The van der Waals surface area contributed by atoms with Crippen LogP contribution in [0, 0.1) is 17.8 Å². The van der Waals surface area contributed by atoms with Crippen molar-refractivity contribution in [2.45, 2.75) is 68.2 Å². The van der Waals surface area contributed by atoms with E-state index in [0.29, 0.717) is 17.8 Å². The Labute approximate surface area is 180 Å². The Morgan fingerprint density at radius 2 is 1.73 bits per heavy atom. The third kappa shape index (κ3) is 2.70. The third-order valence-corrected chi connectivity index (χ3v) is 11.1. The average Bonchev–Trinajstić information content (AvgIpc) is 3.19. The smallest absolute Gasteiger partial charge is 0.337 e. The minimum atomic E-state index is -3.48. The second-order valence-electron chi connectivity index (χ2n) is 9.67. The van der Waals surface area contributed by atoms with E-state index in [1.54, 1.807) is 0 Å². The topological polar surface area (TPSA) is 120 Å². The van der Waals surface area contributed by atoms with Gasteiger partial charge >= 0.3 is 13.3 Å². The van der Waals surface area contributed by atoms with E-state index in [1.807, 2.05) is 0 Å². The molecular formula is C19H24BrN2O7P. The summed E-state index contributed by atoms with van der Waals surface area (Å²) in [6, 6.07) is 0. The molecule has 4 saturated carbocycles. The predicted octanol–water partition coefficient (Wildman–Crippen LogP) is 2.13. The van der Waals surface area contributed by atoms with E-state index in [9.17, 15) is 19.3 Å². The molecule has 1 aromatic rings. The van der Waals surface area contributed by atoms with Crippen LogP contribution in [0.25, 0.3) is 0 Å². The van der Waals surface area contributed by atoms with Gasteiger partial charge in [-0.3, -0.25) is 28.0 Å². The van der Waals surface area contributed by atoms with Gasteiger partial charge in [0.1, 0.15) is 18.3 Å². The lowest BCUT2D eigenvalue weighted by molar-refractivity contribution is -0.0633. The Morgan fingerprint density at radius 1 is 1.13 bits per heavy atom. The third-order valence-electron chi connectivity index (χ3n) is 7.77. The van der Waals surface area contributed by atoms with Crippen LogP contribution in [0.1, 0.15) is 44.8 Å². The molecule has 4 bridgehead atoms.